The smallest absolute Gasteiger partial charge is 0.258 e. The topological polar surface area (TPSA) is 59.9 Å². The zero-order chi connectivity index (χ0) is 32.5. The molecular weight excluding hydrogens is 568 g/mol. The molecule has 0 spiro atoms. The maximum absolute atomic E-state index is 13.2. The molecule has 6 rings (SSSR count). The number of unbranched alkanes of at least 4 members (excludes halogenated alkanes) is 2. The molecule has 1 fully saturated rings. The van der Waals surface area contributed by atoms with Gasteiger partial charge in [-0.05, 0) is 97.2 Å². The van der Waals surface area contributed by atoms with E-state index in [1.807, 2.05) is 29.2 Å². The van der Waals surface area contributed by atoms with Gasteiger partial charge in [0.2, 0.25) is 0 Å². The van der Waals surface area contributed by atoms with Gasteiger partial charge in [-0.15, -0.1) is 0 Å². The zero-order valence-electron chi connectivity index (χ0n) is 28.4. The minimum Gasteiger partial charge on any atom is -0.396 e. The first-order chi connectivity index (χ1) is 22.1. The van der Waals surface area contributed by atoms with E-state index in [9.17, 15) is 4.79 Å². The lowest BCUT2D eigenvalue weighted by atomic mass is 9.63. The van der Waals surface area contributed by atoms with Crippen LogP contribution in [-0.4, -0.2) is 71.7 Å². The standard InChI is InChI=1S/C40H52N4O2/c1-29-32-13-7-8-14-33(32)38(46)44(29)22-11-12-30-16-18-36(43-25-23-42(24-26-43)21-9-6-10-27-45)41-37(30)31-15-17-34-35(28-31)40(4,5)20-19-39(34,2)3/h7-8,13-18,28,45H,1,6,9-12,19-27H2,2-5H3. The molecule has 1 aliphatic carbocycles. The molecule has 0 bridgehead atoms. The lowest BCUT2D eigenvalue weighted by Crippen LogP contribution is -2.47. The van der Waals surface area contributed by atoms with Crippen LogP contribution >= 0.6 is 0 Å². The first-order valence-electron chi connectivity index (χ1n) is 17.4. The summed E-state index contributed by atoms with van der Waals surface area (Å²) in [5.41, 5.74) is 9.21. The number of aliphatic hydroxyl groups excluding tert-OH is 1. The van der Waals surface area contributed by atoms with Crippen molar-refractivity contribution in [1.82, 2.24) is 14.8 Å². The molecule has 1 N–H and O–H groups in total. The van der Waals surface area contributed by atoms with Crippen LogP contribution in [0.2, 0.25) is 0 Å². The Morgan fingerprint density at radius 1 is 0.804 bits per heavy atom. The highest BCUT2D eigenvalue weighted by atomic mass is 16.3. The van der Waals surface area contributed by atoms with Crippen molar-refractivity contribution in [2.24, 2.45) is 0 Å². The second-order valence-corrected chi connectivity index (χ2v) is 14.9. The van der Waals surface area contributed by atoms with Crippen LogP contribution in [0.3, 0.4) is 0 Å². The molecule has 2 aliphatic heterocycles. The van der Waals surface area contributed by atoms with Crippen molar-refractivity contribution in [1.29, 1.82) is 0 Å². The van der Waals surface area contributed by atoms with Gasteiger partial charge >= 0.3 is 0 Å². The number of pyridine rings is 1. The van der Waals surface area contributed by atoms with E-state index in [2.05, 4.69) is 74.4 Å². The van der Waals surface area contributed by atoms with Crippen LogP contribution in [0.1, 0.15) is 98.8 Å². The Labute approximate surface area is 276 Å². The molecule has 1 amide bonds. The molecule has 6 heteroatoms. The summed E-state index contributed by atoms with van der Waals surface area (Å²) < 4.78 is 0. The number of anilines is 1. The van der Waals surface area contributed by atoms with E-state index in [-0.39, 0.29) is 23.3 Å². The summed E-state index contributed by atoms with van der Waals surface area (Å²) in [5.74, 6) is 1.11. The van der Waals surface area contributed by atoms with Gasteiger partial charge in [-0.1, -0.05) is 70.7 Å². The molecule has 6 nitrogen and oxygen atoms in total. The minimum atomic E-state index is 0.0568. The van der Waals surface area contributed by atoms with E-state index in [0.717, 1.165) is 93.2 Å². The lowest BCUT2D eigenvalue weighted by molar-refractivity contribution is 0.0849. The third-order valence-corrected chi connectivity index (χ3v) is 10.8. The third-order valence-electron chi connectivity index (χ3n) is 10.8. The molecule has 3 aromatic rings. The van der Waals surface area contributed by atoms with Crippen molar-refractivity contribution in [3.63, 3.8) is 0 Å². The Kier molecular flexibility index (Phi) is 9.40. The molecule has 3 aliphatic rings. The van der Waals surface area contributed by atoms with Crippen LogP contribution in [0.5, 0.6) is 0 Å². The molecule has 46 heavy (non-hydrogen) atoms. The van der Waals surface area contributed by atoms with Gasteiger partial charge in [-0.2, -0.15) is 0 Å². The summed E-state index contributed by atoms with van der Waals surface area (Å²) in [6.45, 7) is 19.8. The third kappa shape index (κ3) is 6.52. The summed E-state index contributed by atoms with van der Waals surface area (Å²) in [5, 5.41) is 9.10. The second-order valence-electron chi connectivity index (χ2n) is 14.9. The van der Waals surface area contributed by atoms with E-state index in [1.165, 1.54) is 35.1 Å². The fraction of sp³-hybridized carbons (Fsp3) is 0.500. The van der Waals surface area contributed by atoms with Crippen LogP contribution < -0.4 is 4.90 Å². The van der Waals surface area contributed by atoms with Gasteiger partial charge in [0.25, 0.3) is 5.91 Å². The quantitative estimate of drug-likeness (QED) is 0.226. The van der Waals surface area contributed by atoms with Gasteiger partial charge in [0, 0.05) is 61.7 Å². The van der Waals surface area contributed by atoms with Crippen LogP contribution in [0.4, 0.5) is 5.82 Å². The first-order valence-corrected chi connectivity index (χ1v) is 17.4. The Morgan fingerprint density at radius 2 is 1.52 bits per heavy atom. The molecule has 0 radical (unpaired) electrons. The van der Waals surface area contributed by atoms with Gasteiger partial charge in [-0.25, -0.2) is 4.98 Å². The Morgan fingerprint density at radius 3 is 2.24 bits per heavy atom. The molecule has 3 heterocycles. The lowest BCUT2D eigenvalue weighted by Gasteiger charge is -2.42. The molecule has 0 unspecified atom stereocenters. The number of carbonyl (C=O) groups is 1. The van der Waals surface area contributed by atoms with Crippen molar-refractivity contribution >= 4 is 17.4 Å². The predicted molar refractivity (Wildman–Crippen MR) is 189 cm³/mol. The van der Waals surface area contributed by atoms with Crippen LogP contribution in [-0.2, 0) is 17.3 Å². The number of hydrogen-bond donors (Lipinski definition) is 1. The Balaban J connectivity index is 1.24. The van der Waals surface area contributed by atoms with Crippen molar-refractivity contribution in [3.05, 3.63) is 89.0 Å². The zero-order valence-corrected chi connectivity index (χ0v) is 28.4. The minimum absolute atomic E-state index is 0.0568. The number of aryl methyl sites for hydroxylation is 1. The fourth-order valence-electron chi connectivity index (χ4n) is 7.66. The summed E-state index contributed by atoms with van der Waals surface area (Å²) in [4.78, 5) is 25.4. The van der Waals surface area contributed by atoms with Crippen molar-refractivity contribution in [2.75, 3.05) is 50.8 Å². The van der Waals surface area contributed by atoms with E-state index in [4.69, 9.17) is 10.1 Å². The Bertz CT molecular complexity index is 1550. The average Bonchev–Trinajstić information content (AvgIpc) is 3.30. The molecule has 0 saturated carbocycles. The molecular formula is C40H52N4O2. The van der Waals surface area contributed by atoms with Crippen LogP contribution in [0.15, 0.2) is 61.2 Å². The van der Waals surface area contributed by atoms with E-state index in [0.29, 0.717) is 6.54 Å². The van der Waals surface area contributed by atoms with Crippen LogP contribution in [0.25, 0.3) is 17.0 Å². The molecule has 1 saturated heterocycles. The summed E-state index contributed by atoms with van der Waals surface area (Å²) in [6.07, 6.45) is 7.18. The summed E-state index contributed by atoms with van der Waals surface area (Å²) >= 11 is 0. The second kappa shape index (κ2) is 13.3. The first kappa shape index (κ1) is 32.5. The highest BCUT2D eigenvalue weighted by molar-refractivity contribution is 6.08. The van der Waals surface area contributed by atoms with Gasteiger partial charge in [0.1, 0.15) is 5.82 Å². The van der Waals surface area contributed by atoms with Gasteiger partial charge in [0.15, 0.2) is 0 Å². The summed E-state index contributed by atoms with van der Waals surface area (Å²) in [7, 11) is 0. The highest BCUT2D eigenvalue weighted by Crippen LogP contribution is 2.47. The van der Waals surface area contributed by atoms with Gasteiger partial charge < -0.3 is 14.9 Å². The van der Waals surface area contributed by atoms with Crippen molar-refractivity contribution in [2.45, 2.75) is 83.5 Å². The molecule has 0 atom stereocenters. The highest BCUT2D eigenvalue weighted by Gasteiger charge is 2.37. The Hall–Kier alpha value is -3.48. The van der Waals surface area contributed by atoms with Gasteiger partial charge in [-0.3, -0.25) is 9.69 Å². The number of benzene rings is 2. The van der Waals surface area contributed by atoms with Crippen molar-refractivity contribution < 1.29 is 9.90 Å². The number of aliphatic hydroxyl groups is 1. The maximum Gasteiger partial charge on any atom is 0.258 e. The number of piperazine rings is 1. The maximum atomic E-state index is 13.2. The monoisotopic (exact) mass is 620 g/mol. The van der Waals surface area contributed by atoms with E-state index in [1.54, 1.807) is 0 Å². The SMILES string of the molecule is C=C1c2ccccc2C(=O)N1CCCc1ccc(N2CCN(CCCCCO)CC2)nc1-c1ccc2c(c1)C(C)(C)CCC2(C)C. The van der Waals surface area contributed by atoms with E-state index < -0.39 is 0 Å². The molecule has 244 valence electrons. The normalized spacial score (nSPS) is 19.0. The predicted octanol–water partition coefficient (Wildman–Crippen LogP) is 7.44. The largest absolute Gasteiger partial charge is 0.396 e. The molecule has 1 aromatic heterocycles. The van der Waals surface area contributed by atoms with Crippen molar-refractivity contribution in [3.8, 4) is 11.3 Å². The number of rotatable bonds is 11. The number of nitrogens with zero attached hydrogens (tertiary/aromatic N) is 4. The number of aromatic nitrogens is 1. The number of amides is 1. The van der Waals surface area contributed by atoms with Crippen LogP contribution in [0, 0.1) is 0 Å². The van der Waals surface area contributed by atoms with E-state index >= 15 is 0 Å². The summed E-state index contributed by atoms with van der Waals surface area (Å²) in [6, 6.07) is 19.4. The number of hydrogen-bond acceptors (Lipinski definition) is 5. The molecule has 2 aromatic carbocycles. The number of fused-ring (bicyclic) bond motifs is 2. The average molecular weight is 621 g/mol. The van der Waals surface area contributed by atoms with Gasteiger partial charge in [0.05, 0.1) is 5.69 Å². The fourth-order valence-corrected chi connectivity index (χ4v) is 7.66. The number of carbonyl (C=O) groups excluding carboxylic acids is 1.